The van der Waals surface area contributed by atoms with Gasteiger partial charge in [0.15, 0.2) is 0 Å². The molecule has 0 spiro atoms. The molecule has 0 radical (unpaired) electrons. The number of aryl methyl sites for hydroxylation is 2. The zero-order chi connectivity index (χ0) is 22.2. The van der Waals surface area contributed by atoms with E-state index in [1.165, 1.54) is 0 Å². The van der Waals surface area contributed by atoms with E-state index in [0.29, 0.717) is 23.9 Å². The minimum absolute atomic E-state index is 0.0998. The molecule has 8 heteroatoms. The van der Waals surface area contributed by atoms with Crippen LogP contribution in [0.5, 0.6) is 5.75 Å². The molecule has 1 N–H and O–H groups in total. The van der Waals surface area contributed by atoms with E-state index >= 15 is 0 Å². The summed E-state index contributed by atoms with van der Waals surface area (Å²) in [6.45, 7) is 3.96. The first-order chi connectivity index (χ1) is 15.5. The van der Waals surface area contributed by atoms with Gasteiger partial charge in [-0.2, -0.15) is 14.9 Å². The zero-order valence-electron chi connectivity index (χ0n) is 18.0. The van der Waals surface area contributed by atoms with Crippen molar-refractivity contribution in [1.29, 1.82) is 0 Å². The molecule has 160 valence electrons. The molecule has 32 heavy (non-hydrogen) atoms. The smallest absolute Gasteiger partial charge is 0.272 e. The van der Waals surface area contributed by atoms with Crippen LogP contribution in [0.25, 0.3) is 17.2 Å². The average molecular weight is 426 g/mol. The number of carbonyl (C=O) groups excluding carboxylic acids is 1. The fourth-order valence-corrected chi connectivity index (χ4v) is 4.16. The maximum Gasteiger partial charge on any atom is 0.272 e. The second-order valence-electron chi connectivity index (χ2n) is 7.81. The highest BCUT2D eigenvalue weighted by Gasteiger charge is 2.34. The van der Waals surface area contributed by atoms with Crippen molar-refractivity contribution in [3.63, 3.8) is 0 Å². The Balaban J connectivity index is 1.62. The molecule has 5 rings (SSSR count). The van der Waals surface area contributed by atoms with Gasteiger partial charge >= 0.3 is 0 Å². The van der Waals surface area contributed by atoms with Gasteiger partial charge in [0.25, 0.3) is 5.95 Å². The first kappa shape index (κ1) is 19.9. The highest BCUT2D eigenvalue weighted by molar-refractivity contribution is 5.95. The van der Waals surface area contributed by atoms with E-state index in [4.69, 9.17) is 4.74 Å². The summed E-state index contributed by atoms with van der Waals surface area (Å²) in [5.41, 5.74) is 5.44. The van der Waals surface area contributed by atoms with Crippen molar-refractivity contribution >= 4 is 11.7 Å². The summed E-state index contributed by atoms with van der Waals surface area (Å²) >= 11 is 0. The van der Waals surface area contributed by atoms with Crippen molar-refractivity contribution in [3.05, 3.63) is 77.1 Å². The molecule has 1 aliphatic heterocycles. The fourth-order valence-electron chi connectivity index (χ4n) is 4.16. The number of anilines is 1. The predicted octanol–water partition coefficient (Wildman–Crippen LogP) is 3.82. The Morgan fingerprint density at radius 1 is 1.09 bits per heavy atom. The molecule has 0 saturated heterocycles. The highest BCUT2D eigenvalue weighted by atomic mass is 16.5. The standard InChI is InChI=1S/C24H22N6O2/c1-14-8-10-16(11-9-14)19-13-25-28-24(26-19)30-23-22(15(2)29-30)18(12-21(31)27-23)17-6-4-5-7-20(17)32-3/h4-11,13,18H,12H2,1-3H3,(H,27,31). The Labute approximate surface area is 185 Å². The Kier molecular flexibility index (Phi) is 4.89. The van der Waals surface area contributed by atoms with Gasteiger partial charge in [0, 0.05) is 29.0 Å². The van der Waals surface area contributed by atoms with Crippen LogP contribution in [0.15, 0.2) is 54.7 Å². The van der Waals surface area contributed by atoms with Crippen molar-refractivity contribution < 1.29 is 9.53 Å². The predicted molar refractivity (Wildman–Crippen MR) is 120 cm³/mol. The van der Waals surface area contributed by atoms with Crippen LogP contribution in [-0.4, -0.2) is 38.0 Å². The van der Waals surface area contributed by atoms with Crippen molar-refractivity contribution in [3.8, 4) is 23.0 Å². The molecule has 1 aliphatic rings. The second kappa shape index (κ2) is 7.88. The summed E-state index contributed by atoms with van der Waals surface area (Å²) in [7, 11) is 1.63. The SMILES string of the molecule is COc1ccccc1C1CC(=O)Nc2c1c(C)nn2-c1nncc(-c2ccc(C)cc2)n1. The molecular formula is C24H22N6O2. The summed E-state index contributed by atoms with van der Waals surface area (Å²) in [4.78, 5) is 17.3. The third-order valence-corrected chi connectivity index (χ3v) is 5.70. The number of fused-ring (bicyclic) bond motifs is 1. The van der Waals surface area contributed by atoms with Crippen LogP contribution in [0.4, 0.5) is 5.82 Å². The molecule has 4 aromatic rings. The molecule has 2 aromatic heterocycles. The largest absolute Gasteiger partial charge is 0.496 e. The van der Waals surface area contributed by atoms with E-state index in [9.17, 15) is 4.79 Å². The molecule has 0 bridgehead atoms. The van der Waals surface area contributed by atoms with Gasteiger partial charge in [0.2, 0.25) is 5.91 Å². The van der Waals surface area contributed by atoms with E-state index < -0.39 is 0 Å². The Morgan fingerprint density at radius 2 is 1.88 bits per heavy atom. The van der Waals surface area contributed by atoms with Gasteiger partial charge < -0.3 is 10.1 Å². The number of para-hydroxylation sites is 1. The first-order valence-electron chi connectivity index (χ1n) is 10.3. The molecule has 1 amide bonds. The van der Waals surface area contributed by atoms with E-state index in [1.54, 1.807) is 18.0 Å². The maximum absolute atomic E-state index is 12.7. The van der Waals surface area contributed by atoms with Gasteiger partial charge in [0.1, 0.15) is 11.6 Å². The molecule has 0 saturated carbocycles. The summed E-state index contributed by atoms with van der Waals surface area (Å²) in [5.74, 6) is 1.32. The Hall–Kier alpha value is -4.07. The number of aromatic nitrogens is 5. The lowest BCUT2D eigenvalue weighted by Gasteiger charge is -2.25. The number of benzene rings is 2. The number of methoxy groups -OCH3 is 1. The lowest BCUT2D eigenvalue weighted by molar-refractivity contribution is -0.116. The van der Waals surface area contributed by atoms with Gasteiger partial charge in [-0.1, -0.05) is 48.0 Å². The molecule has 0 fully saturated rings. The lowest BCUT2D eigenvalue weighted by atomic mass is 9.85. The third-order valence-electron chi connectivity index (χ3n) is 5.70. The van der Waals surface area contributed by atoms with Crippen molar-refractivity contribution in [2.75, 3.05) is 12.4 Å². The number of hydrogen-bond acceptors (Lipinski definition) is 6. The zero-order valence-corrected chi connectivity index (χ0v) is 18.0. The monoisotopic (exact) mass is 426 g/mol. The fraction of sp³-hybridized carbons (Fsp3) is 0.208. The van der Waals surface area contributed by atoms with Crippen LogP contribution in [0, 0.1) is 13.8 Å². The Morgan fingerprint density at radius 3 is 2.66 bits per heavy atom. The molecular weight excluding hydrogens is 404 g/mol. The topological polar surface area (TPSA) is 94.8 Å². The normalized spacial score (nSPS) is 15.2. The van der Waals surface area contributed by atoms with Gasteiger partial charge in [-0.05, 0) is 19.9 Å². The summed E-state index contributed by atoms with van der Waals surface area (Å²) in [6.07, 6.45) is 1.93. The van der Waals surface area contributed by atoms with Gasteiger partial charge in [0.05, 0.1) is 24.7 Å². The van der Waals surface area contributed by atoms with E-state index in [2.05, 4.69) is 25.6 Å². The number of amides is 1. The van der Waals surface area contributed by atoms with Gasteiger partial charge in [-0.25, -0.2) is 4.98 Å². The maximum atomic E-state index is 12.7. The number of nitrogens with one attached hydrogen (secondary N) is 1. The number of nitrogens with zero attached hydrogens (tertiary/aromatic N) is 5. The number of hydrogen-bond donors (Lipinski definition) is 1. The van der Waals surface area contributed by atoms with Crippen LogP contribution in [0.1, 0.15) is 34.7 Å². The van der Waals surface area contributed by atoms with Gasteiger partial charge in [-0.3, -0.25) is 4.79 Å². The molecule has 1 atom stereocenters. The molecule has 8 nitrogen and oxygen atoms in total. The number of carbonyl (C=O) groups is 1. The molecule has 3 heterocycles. The number of ether oxygens (including phenoxy) is 1. The van der Waals surface area contributed by atoms with Crippen LogP contribution in [0.2, 0.25) is 0 Å². The van der Waals surface area contributed by atoms with Crippen molar-refractivity contribution in [1.82, 2.24) is 25.0 Å². The molecule has 0 aliphatic carbocycles. The second-order valence-corrected chi connectivity index (χ2v) is 7.81. The van der Waals surface area contributed by atoms with Crippen LogP contribution in [0.3, 0.4) is 0 Å². The van der Waals surface area contributed by atoms with Crippen molar-refractivity contribution in [2.45, 2.75) is 26.2 Å². The summed E-state index contributed by atoms with van der Waals surface area (Å²) < 4.78 is 7.12. The minimum Gasteiger partial charge on any atom is -0.496 e. The minimum atomic E-state index is -0.183. The summed E-state index contributed by atoms with van der Waals surface area (Å²) in [6, 6.07) is 15.8. The van der Waals surface area contributed by atoms with Crippen molar-refractivity contribution in [2.24, 2.45) is 0 Å². The molecule has 1 unspecified atom stereocenters. The van der Waals surface area contributed by atoms with E-state index in [1.807, 2.05) is 62.4 Å². The third kappa shape index (κ3) is 3.39. The number of rotatable bonds is 4. The molecule has 2 aromatic carbocycles. The van der Waals surface area contributed by atoms with E-state index in [0.717, 1.165) is 33.7 Å². The highest BCUT2D eigenvalue weighted by Crippen LogP contribution is 2.42. The first-order valence-corrected chi connectivity index (χ1v) is 10.3. The van der Waals surface area contributed by atoms with Crippen LogP contribution >= 0.6 is 0 Å². The van der Waals surface area contributed by atoms with E-state index in [-0.39, 0.29) is 11.8 Å². The summed E-state index contributed by atoms with van der Waals surface area (Å²) in [5, 5.41) is 16.0. The average Bonchev–Trinajstić information content (AvgIpc) is 3.15. The van der Waals surface area contributed by atoms with Crippen LogP contribution < -0.4 is 10.1 Å². The Bertz CT molecular complexity index is 1310. The van der Waals surface area contributed by atoms with Gasteiger partial charge in [-0.15, -0.1) is 5.10 Å². The van der Waals surface area contributed by atoms with Crippen LogP contribution in [-0.2, 0) is 4.79 Å². The quantitative estimate of drug-likeness (QED) is 0.533. The lowest BCUT2D eigenvalue weighted by Crippen LogP contribution is -2.25.